The summed E-state index contributed by atoms with van der Waals surface area (Å²) in [6.07, 6.45) is 0. The molecule has 0 saturated carbocycles. The van der Waals surface area contributed by atoms with Crippen molar-refractivity contribution in [3.05, 3.63) is 5.89 Å². The summed E-state index contributed by atoms with van der Waals surface area (Å²) in [6, 6.07) is 0.423. The molecule has 1 amide bonds. The molecule has 88 valence electrons. The van der Waals surface area contributed by atoms with Gasteiger partial charge in [0.05, 0.1) is 6.54 Å². The van der Waals surface area contributed by atoms with E-state index in [1.165, 1.54) is 0 Å². The number of anilines is 1. The Bertz CT molecular complexity index is 378. The third-order valence-corrected chi connectivity index (χ3v) is 2.51. The topological polar surface area (TPSA) is 74.5 Å². The largest absolute Gasteiger partial charge is 0.407 e. The number of hydrogen-bond acceptors (Lipinski definition) is 6. The molecule has 1 N–H and O–H groups in total. The van der Waals surface area contributed by atoms with Crippen molar-refractivity contribution >= 4 is 11.9 Å². The van der Waals surface area contributed by atoms with E-state index in [9.17, 15) is 4.79 Å². The van der Waals surface area contributed by atoms with Crippen LogP contribution in [-0.4, -0.2) is 54.7 Å². The quantitative estimate of drug-likeness (QED) is 0.716. The lowest BCUT2D eigenvalue weighted by Crippen LogP contribution is -2.48. The fraction of sp³-hybridized carbons (Fsp3) is 0.667. The van der Waals surface area contributed by atoms with Gasteiger partial charge < -0.3 is 19.5 Å². The maximum absolute atomic E-state index is 11.5. The summed E-state index contributed by atoms with van der Waals surface area (Å²) in [6.45, 7) is 2.25. The molecule has 2 rings (SSSR count). The fourth-order valence-corrected chi connectivity index (χ4v) is 1.52. The molecule has 1 saturated heterocycles. The highest BCUT2D eigenvalue weighted by atomic mass is 16.4. The smallest absolute Gasteiger partial charge is 0.318 e. The van der Waals surface area contributed by atoms with Gasteiger partial charge in [0.1, 0.15) is 6.54 Å². The highest BCUT2D eigenvalue weighted by molar-refractivity contribution is 5.81. The van der Waals surface area contributed by atoms with E-state index in [-0.39, 0.29) is 5.91 Å². The van der Waals surface area contributed by atoms with Crippen molar-refractivity contribution in [1.29, 1.82) is 0 Å². The van der Waals surface area contributed by atoms with Crippen LogP contribution in [0.25, 0.3) is 0 Å². The number of aromatic nitrogens is 2. The van der Waals surface area contributed by atoms with Crippen molar-refractivity contribution in [2.24, 2.45) is 0 Å². The number of piperazine rings is 1. The Kier molecular flexibility index (Phi) is 3.04. The lowest BCUT2D eigenvalue weighted by Gasteiger charge is -2.30. The molecular formula is C9H15N5O2. The van der Waals surface area contributed by atoms with E-state index in [4.69, 9.17) is 4.42 Å². The third kappa shape index (κ3) is 2.13. The Morgan fingerprint density at radius 2 is 2.25 bits per heavy atom. The molecule has 1 aromatic rings. The molecule has 1 fully saturated rings. The molecule has 1 aromatic heterocycles. The summed E-state index contributed by atoms with van der Waals surface area (Å²) in [4.78, 5) is 15.0. The third-order valence-electron chi connectivity index (χ3n) is 2.51. The first kappa shape index (κ1) is 10.9. The van der Waals surface area contributed by atoms with Crippen LogP contribution in [0.3, 0.4) is 0 Å². The highest BCUT2D eigenvalue weighted by Crippen LogP contribution is 2.14. The fourth-order valence-electron chi connectivity index (χ4n) is 1.52. The molecule has 0 atom stereocenters. The number of carbonyl (C=O) groups excluding carboxylic acids is 1. The molecule has 0 bridgehead atoms. The molecule has 1 aliphatic rings. The average Bonchev–Trinajstić information content (AvgIpc) is 2.71. The minimum Gasteiger partial charge on any atom is -0.407 e. The second-order valence-electron chi connectivity index (χ2n) is 3.75. The molecule has 0 aromatic carbocycles. The predicted octanol–water partition coefficient (Wildman–Crippen LogP) is -0.933. The van der Waals surface area contributed by atoms with Crippen LogP contribution < -0.4 is 10.2 Å². The summed E-state index contributed by atoms with van der Waals surface area (Å²) in [7, 11) is 3.60. The van der Waals surface area contributed by atoms with E-state index in [0.29, 0.717) is 31.5 Å². The first-order chi connectivity index (χ1) is 7.70. The Hall–Kier alpha value is -1.63. The zero-order valence-corrected chi connectivity index (χ0v) is 9.43. The van der Waals surface area contributed by atoms with Gasteiger partial charge in [0, 0.05) is 20.1 Å². The van der Waals surface area contributed by atoms with Gasteiger partial charge in [-0.15, -0.1) is 5.10 Å². The Morgan fingerprint density at radius 3 is 2.94 bits per heavy atom. The van der Waals surface area contributed by atoms with E-state index in [1.54, 1.807) is 16.8 Å². The number of rotatable bonds is 3. The minimum absolute atomic E-state index is 0.0691. The number of nitrogens with one attached hydrogen (secondary N) is 1. The zero-order valence-electron chi connectivity index (χ0n) is 9.43. The first-order valence-electron chi connectivity index (χ1n) is 5.16. The monoisotopic (exact) mass is 225 g/mol. The van der Waals surface area contributed by atoms with Crippen molar-refractivity contribution < 1.29 is 9.21 Å². The summed E-state index contributed by atoms with van der Waals surface area (Å²) in [5, 5.41) is 10.7. The normalized spacial score (nSPS) is 17.0. The molecule has 16 heavy (non-hydrogen) atoms. The van der Waals surface area contributed by atoms with E-state index in [0.717, 1.165) is 6.54 Å². The van der Waals surface area contributed by atoms with Crippen LogP contribution in [0.15, 0.2) is 4.42 Å². The molecule has 0 radical (unpaired) electrons. The number of likely N-dealkylation sites (N-methyl/N-ethyl adjacent to an activating group) is 1. The van der Waals surface area contributed by atoms with Gasteiger partial charge >= 0.3 is 6.01 Å². The zero-order chi connectivity index (χ0) is 11.5. The summed E-state index contributed by atoms with van der Waals surface area (Å²) in [5.74, 6) is 0.600. The van der Waals surface area contributed by atoms with Gasteiger partial charge in [-0.1, -0.05) is 5.10 Å². The van der Waals surface area contributed by atoms with Gasteiger partial charge in [-0.3, -0.25) is 4.79 Å². The van der Waals surface area contributed by atoms with Crippen LogP contribution in [-0.2, 0) is 11.3 Å². The lowest BCUT2D eigenvalue weighted by molar-refractivity contribution is -0.129. The van der Waals surface area contributed by atoms with Crippen molar-refractivity contribution in [3.8, 4) is 0 Å². The Balaban J connectivity index is 2.03. The van der Waals surface area contributed by atoms with Crippen molar-refractivity contribution in [2.75, 3.05) is 38.6 Å². The Morgan fingerprint density at radius 1 is 1.44 bits per heavy atom. The van der Waals surface area contributed by atoms with E-state index >= 15 is 0 Å². The van der Waals surface area contributed by atoms with Crippen molar-refractivity contribution in [2.45, 2.75) is 6.54 Å². The van der Waals surface area contributed by atoms with Gasteiger partial charge in [-0.25, -0.2) is 0 Å². The van der Waals surface area contributed by atoms with Crippen LogP contribution in [0.2, 0.25) is 0 Å². The molecule has 7 heteroatoms. The maximum Gasteiger partial charge on any atom is 0.318 e. The van der Waals surface area contributed by atoms with Crippen molar-refractivity contribution in [3.63, 3.8) is 0 Å². The van der Waals surface area contributed by atoms with Gasteiger partial charge in [0.15, 0.2) is 0 Å². The minimum atomic E-state index is 0.0691. The SMILES string of the molecule is CNCc1nnc(N2CCN(C)C(=O)C2)o1. The molecule has 2 heterocycles. The van der Waals surface area contributed by atoms with Gasteiger partial charge in [0.2, 0.25) is 11.8 Å². The number of amides is 1. The van der Waals surface area contributed by atoms with Gasteiger partial charge in [0.25, 0.3) is 0 Å². The van der Waals surface area contributed by atoms with E-state index in [2.05, 4.69) is 15.5 Å². The van der Waals surface area contributed by atoms with Crippen LogP contribution in [0.5, 0.6) is 0 Å². The first-order valence-corrected chi connectivity index (χ1v) is 5.16. The van der Waals surface area contributed by atoms with Gasteiger partial charge in [-0.05, 0) is 7.05 Å². The standard InChI is InChI=1S/C9H15N5O2/c1-10-5-7-11-12-9(16-7)14-4-3-13(2)8(15)6-14/h10H,3-6H2,1-2H3. The van der Waals surface area contributed by atoms with Crippen LogP contribution in [0.4, 0.5) is 6.01 Å². The van der Waals surface area contributed by atoms with E-state index < -0.39 is 0 Å². The summed E-state index contributed by atoms with van der Waals surface area (Å²) >= 11 is 0. The number of hydrogen-bond donors (Lipinski definition) is 1. The molecule has 7 nitrogen and oxygen atoms in total. The highest BCUT2D eigenvalue weighted by Gasteiger charge is 2.24. The molecule has 0 aliphatic carbocycles. The second-order valence-corrected chi connectivity index (χ2v) is 3.75. The van der Waals surface area contributed by atoms with Crippen molar-refractivity contribution in [1.82, 2.24) is 20.4 Å². The summed E-state index contributed by atoms with van der Waals surface area (Å²) < 4.78 is 5.42. The Labute approximate surface area is 93.4 Å². The number of carbonyl (C=O) groups is 1. The van der Waals surface area contributed by atoms with Crippen LogP contribution in [0, 0.1) is 0 Å². The van der Waals surface area contributed by atoms with Crippen LogP contribution in [0.1, 0.15) is 5.89 Å². The summed E-state index contributed by atoms with van der Waals surface area (Å²) in [5.41, 5.74) is 0. The molecule has 0 unspecified atom stereocenters. The molecular weight excluding hydrogens is 210 g/mol. The second kappa shape index (κ2) is 4.48. The number of nitrogens with zero attached hydrogens (tertiary/aromatic N) is 4. The average molecular weight is 225 g/mol. The maximum atomic E-state index is 11.5. The van der Waals surface area contributed by atoms with E-state index in [1.807, 2.05) is 7.05 Å². The lowest BCUT2D eigenvalue weighted by atomic mass is 10.3. The van der Waals surface area contributed by atoms with Crippen LogP contribution >= 0.6 is 0 Å². The molecule has 1 aliphatic heterocycles. The van der Waals surface area contributed by atoms with Gasteiger partial charge in [-0.2, -0.15) is 0 Å². The molecule has 0 spiro atoms. The predicted molar refractivity (Wildman–Crippen MR) is 56.9 cm³/mol.